The number of benzene rings is 1. The Balaban J connectivity index is 1.79. The lowest BCUT2D eigenvalue weighted by Gasteiger charge is -2.10. The second-order valence-electron chi connectivity index (χ2n) is 5.23. The first-order valence-corrected chi connectivity index (χ1v) is 7.90. The van der Waals surface area contributed by atoms with E-state index in [0.717, 1.165) is 29.1 Å². The molecule has 0 fully saturated rings. The van der Waals surface area contributed by atoms with E-state index < -0.39 is 0 Å². The van der Waals surface area contributed by atoms with Gasteiger partial charge < -0.3 is 10.1 Å². The molecule has 21 heavy (non-hydrogen) atoms. The summed E-state index contributed by atoms with van der Waals surface area (Å²) in [6.07, 6.45) is 1.59. The fourth-order valence-corrected chi connectivity index (χ4v) is 2.27. The van der Waals surface area contributed by atoms with Gasteiger partial charge in [0.25, 0.3) is 0 Å². The van der Waals surface area contributed by atoms with E-state index in [2.05, 4.69) is 45.2 Å². The molecule has 0 unspecified atom stereocenters. The first-order valence-electron chi connectivity index (χ1n) is 7.11. The molecule has 0 aliphatic carbocycles. The van der Waals surface area contributed by atoms with Gasteiger partial charge in [0.2, 0.25) is 0 Å². The van der Waals surface area contributed by atoms with Crippen molar-refractivity contribution >= 4 is 15.9 Å². The van der Waals surface area contributed by atoms with E-state index in [-0.39, 0.29) is 0 Å². The summed E-state index contributed by atoms with van der Waals surface area (Å²) in [7, 11) is 0. The molecule has 2 aromatic rings. The number of rotatable bonds is 8. The first kappa shape index (κ1) is 16.0. The highest BCUT2D eigenvalue weighted by atomic mass is 79.9. The number of hydrogen-bond donors (Lipinski definition) is 1. The molecule has 0 spiro atoms. The second-order valence-corrected chi connectivity index (χ2v) is 6.15. The van der Waals surface area contributed by atoms with Crippen molar-refractivity contribution in [3.05, 3.63) is 40.9 Å². The van der Waals surface area contributed by atoms with E-state index in [0.29, 0.717) is 19.1 Å². The third-order valence-corrected chi connectivity index (χ3v) is 3.39. The van der Waals surface area contributed by atoms with Crippen LogP contribution in [-0.4, -0.2) is 27.9 Å². The number of hydrogen-bond acceptors (Lipinski definition) is 4. The zero-order chi connectivity index (χ0) is 15.1. The van der Waals surface area contributed by atoms with E-state index in [9.17, 15) is 0 Å². The van der Waals surface area contributed by atoms with Crippen LogP contribution in [0.1, 0.15) is 19.7 Å². The molecule has 6 heteroatoms. The van der Waals surface area contributed by atoms with Gasteiger partial charge in [-0.3, -0.25) is 0 Å². The predicted octanol–water partition coefficient (Wildman–Crippen LogP) is 2.87. The van der Waals surface area contributed by atoms with Gasteiger partial charge in [-0.15, -0.1) is 0 Å². The summed E-state index contributed by atoms with van der Waals surface area (Å²) in [6.45, 7) is 7.33. The molecule has 0 amide bonds. The van der Waals surface area contributed by atoms with Crippen molar-refractivity contribution in [3.63, 3.8) is 0 Å². The van der Waals surface area contributed by atoms with E-state index >= 15 is 0 Å². The Labute approximate surface area is 133 Å². The summed E-state index contributed by atoms with van der Waals surface area (Å²) in [6, 6.07) is 7.82. The van der Waals surface area contributed by atoms with Crippen LogP contribution in [0.2, 0.25) is 0 Å². The Morgan fingerprint density at radius 3 is 3.00 bits per heavy atom. The predicted molar refractivity (Wildman–Crippen MR) is 86.2 cm³/mol. The quantitative estimate of drug-likeness (QED) is 0.793. The molecule has 0 atom stereocenters. The molecule has 0 bridgehead atoms. The van der Waals surface area contributed by atoms with Crippen LogP contribution in [0.25, 0.3) is 0 Å². The molecule has 1 heterocycles. The van der Waals surface area contributed by atoms with Crippen molar-refractivity contribution in [2.45, 2.75) is 26.9 Å². The first-order chi connectivity index (χ1) is 10.1. The summed E-state index contributed by atoms with van der Waals surface area (Å²) < 4.78 is 8.61. The molecular formula is C15H21BrN4O. The summed E-state index contributed by atoms with van der Waals surface area (Å²) in [5.41, 5.74) is 0. The smallest absolute Gasteiger partial charge is 0.140 e. The summed E-state index contributed by atoms with van der Waals surface area (Å²) in [5.74, 6) is 2.42. The molecule has 2 rings (SSSR count). The number of aromatic nitrogens is 3. The maximum atomic E-state index is 5.72. The summed E-state index contributed by atoms with van der Waals surface area (Å²) >= 11 is 3.43. The van der Waals surface area contributed by atoms with Crippen LogP contribution >= 0.6 is 15.9 Å². The maximum absolute atomic E-state index is 5.72. The van der Waals surface area contributed by atoms with Crippen LogP contribution in [0, 0.1) is 5.92 Å². The number of nitrogens with one attached hydrogen (secondary N) is 1. The minimum Gasteiger partial charge on any atom is -0.492 e. The molecule has 1 aromatic carbocycles. The second kappa shape index (κ2) is 8.14. The van der Waals surface area contributed by atoms with Gasteiger partial charge in [-0.1, -0.05) is 35.8 Å². The Morgan fingerprint density at radius 2 is 2.24 bits per heavy atom. The van der Waals surface area contributed by atoms with Crippen molar-refractivity contribution in [3.8, 4) is 5.75 Å². The van der Waals surface area contributed by atoms with Gasteiger partial charge in [-0.05, 0) is 30.7 Å². The molecule has 0 saturated carbocycles. The van der Waals surface area contributed by atoms with Gasteiger partial charge in [0, 0.05) is 4.47 Å². The fourth-order valence-electron chi connectivity index (χ4n) is 1.89. The molecule has 5 nitrogen and oxygen atoms in total. The molecular weight excluding hydrogens is 332 g/mol. The molecule has 1 N–H and O–H groups in total. The molecule has 0 aliphatic heterocycles. The third kappa shape index (κ3) is 5.47. The SMILES string of the molecule is CC(C)CNCc1ncnn1CCOc1cccc(Br)c1. The third-order valence-electron chi connectivity index (χ3n) is 2.90. The Kier molecular flexibility index (Phi) is 6.20. The van der Waals surface area contributed by atoms with Crippen molar-refractivity contribution in [1.29, 1.82) is 0 Å². The van der Waals surface area contributed by atoms with Crippen molar-refractivity contribution in [2.75, 3.05) is 13.2 Å². The average molecular weight is 353 g/mol. The van der Waals surface area contributed by atoms with Crippen LogP contribution in [0.5, 0.6) is 5.75 Å². The largest absolute Gasteiger partial charge is 0.492 e. The van der Waals surface area contributed by atoms with Crippen molar-refractivity contribution in [2.24, 2.45) is 5.92 Å². The molecule has 0 aliphatic rings. The van der Waals surface area contributed by atoms with E-state index in [1.54, 1.807) is 6.33 Å². The molecule has 1 aromatic heterocycles. The topological polar surface area (TPSA) is 52.0 Å². The van der Waals surface area contributed by atoms with Gasteiger partial charge in [0.15, 0.2) is 0 Å². The zero-order valence-corrected chi connectivity index (χ0v) is 14.0. The highest BCUT2D eigenvalue weighted by Crippen LogP contribution is 2.17. The lowest BCUT2D eigenvalue weighted by atomic mass is 10.2. The van der Waals surface area contributed by atoms with Crippen LogP contribution in [0.15, 0.2) is 35.1 Å². The van der Waals surface area contributed by atoms with Gasteiger partial charge in [0.1, 0.15) is 24.5 Å². The van der Waals surface area contributed by atoms with Crippen LogP contribution < -0.4 is 10.1 Å². The van der Waals surface area contributed by atoms with E-state index in [1.807, 2.05) is 28.9 Å². The van der Waals surface area contributed by atoms with E-state index in [4.69, 9.17) is 4.74 Å². The highest BCUT2D eigenvalue weighted by Gasteiger charge is 2.04. The van der Waals surface area contributed by atoms with Gasteiger partial charge in [-0.2, -0.15) is 5.10 Å². The highest BCUT2D eigenvalue weighted by molar-refractivity contribution is 9.10. The normalized spacial score (nSPS) is 11.0. The van der Waals surface area contributed by atoms with Crippen molar-refractivity contribution < 1.29 is 4.74 Å². The number of nitrogens with zero attached hydrogens (tertiary/aromatic N) is 3. The Morgan fingerprint density at radius 1 is 1.38 bits per heavy atom. The number of halogens is 1. The monoisotopic (exact) mass is 352 g/mol. The van der Waals surface area contributed by atoms with Crippen LogP contribution in [0.4, 0.5) is 0 Å². The Hall–Kier alpha value is -1.40. The van der Waals surface area contributed by atoms with Crippen LogP contribution in [0.3, 0.4) is 0 Å². The Bertz CT molecular complexity index is 556. The van der Waals surface area contributed by atoms with E-state index in [1.165, 1.54) is 0 Å². The fraction of sp³-hybridized carbons (Fsp3) is 0.467. The average Bonchev–Trinajstić information content (AvgIpc) is 2.86. The minimum absolute atomic E-state index is 0.566. The molecule has 0 saturated heterocycles. The number of ether oxygens (including phenoxy) is 1. The van der Waals surface area contributed by atoms with Crippen molar-refractivity contribution in [1.82, 2.24) is 20.1 Å². The molecule has 0 radical (unpaired) electrons. The van der Waals surface area contributed by atoms with Crippen LogP contribution in [-0.2, 0) is 13.1 Å². The minimum atomic E-state index is 0.566. The van der Waals surface area contributed by atoms with Gasteiger partial charge >= 0.3 is 0 Å². The standard InChI is InChI=1S/C15H21BrN4O/c1-12(2)9-17-10-15-18-11-19-20(15)6-7-21-14-5-3-4-13(16)8-14/h3-5,8,11-12,17H,6-7,9-10H2,1-2H3. The summed E-state index contributed by atoms with van der Waals surface area (Å²) in [5, 5.41) is 7.61. The lowest BCUT2D eigenvalue weighted by Crippen LogP contribution is -2.22. The zero-order valence-electron chi connectivity index (χ0n) is 12.4. The maximum Gasteiger partial charge on any atom is 0.140 e. The van der Waals surface area contributed by atoms with Gasteiger partial charge in [-0.25, -0.2) is 9.67 Å². The molecule has 114 valence electrons. The van der Waals surface area contributed by atoms with Gasteiger partial charge in [0.05, 0.1) is 13.1 Å². The summed E-state index contributed by atoms with van der Waals surface area (Å²) in [4.78, 5) is 4.28. The lowest BCUT2D eigenvalue weighted by molar-refractivity contribution is 0.287.